The summed E-state index contributed by atoms with van der Waals surface area (Å²) in [6.45, 7) is 1.89. The average Bonchev–Trinajstić information content (AvgIpc) is 2.27. The number of likely N-dealkylation sites (N-methyl/N-ethyl adjacent to an activating group) is 1. The zero-order valence-electron chi connectivity index (χ0n) is 8.47. The van der Waals surface area contributed by atoms with Crippen molar-refractivity contribution < 1.29 is 4.79 Å². The summed E-state index contributed by atoms with van der Waals surface area (Å²) in [5, 5.41) is 0. The Morgan fingerprint density at radius 2 is 2.43 bits per heavy atom. The lowest BCUT2D eigenvalue weighted by Gasteiger charge is -2.19. The van der Waals surface area contributed by atoms with Crippen LogP contribution < -0.4 is 10.6 Å². The standard InChI is InChI=1S/C10H15N3O/c1-3-9(11)10(14)13(2)8-5-4-6-12-7-8/h4-7,9H,3,11H2,1-2H3/t9-/m0/s1. The van der Waals surface area contributed by atoms with Crippen LogP contribution in [0.1, 0.15) is 13.3 Å². The fourth-order valence-electron chi connectivity index (χ4n) is 1.10. The van der Waals surface area contributed by atoms with E-state index in [0.29, 0.717) is 6.42 Å². The van der Waals surface area contributed by atoms with E-state index in [1.165, 1.54) is 4.90 Å². The van der Waals surface area contributed by atoms with Crippen LogP contribution >= 0.6 is 0 Å². The molecule has 0 saturated carbocycles. The first kappa shape index (κ1) is 10.7. The van der Waals surface area contributed by atoms with E-state index < -0.39 is 6.04 Å². The Morgan fingerprint density at radius 3 is 2.93 bits per heavy atom. The normalized spacial score (nSPS) is 12.2. The largest absolute Gasteiger partial charge is 0.320 e. The van der Waals surface area contributed by atoms with Crippen molar-refractivity contribution in [3.05, 3.63) is 24.5 Å². The molecule has 1 rings (SSSR count). The van der Waals surface area contributed by atoms with Crippen molar-refractivity contribution in [3.8, 4) is 0 Å². The summed E-state index contributed by atoms with van der Waals surface area (Å²) in [5.74, 6) is -0.0829. The zero-order valence-corrected chi connectivity index (χ0v) is 8.47. The molecule has 76 valence electrons. The summed E-state index contributed by atoms with van der Waals surface area (Å²) in [6.07, 6.45) is 3.95. The van der Waals surface area contributed by atoms with Gasteiger partial charge in [-0.05, 0) is 18.6 Å². The van der Waals surface area contributed by atoms with E-state index in [4.69, 9.17) is 5.73 Å². The van der Waals surface area contributed by atoms with Gasteiger partial charge in [0.25, 0.3) is 0 Å². The summed E-state index contributed by atoms with van der Waals surface area (Å²) in [7, 11) is 1.70. The van der Waals surface area contributed by atoms with Gasteiger partial charge in [0, 0.05) is 13.2 Å². The van der Waals surface area contributed by atoms with Crippen molar-refractivity contribution >= 4 is 11.6 Å². The Morgan fingerprint density at radius 1 is 1.71 bits per heavy atom. The first-order valence-corrected chi connectivity index (χ1v) is 4.60. The van der Waals surface area contributed by atoms with Gasteiger partial charge in [0.1, 0.15) is 0 Å². The average molecular weight is 193 g/mol. The minimum absolute atomic E-state index is 0.0829. The molecule has 0 saturated heterocycles. The fraction of sp³-hybridized carbons (Fsp3) is 0.400. The van der Waals surface area contributed by atoms with Crippen LogP contribution in [0.25, 0.3) is 0 Å². The van der Waals surface area contributed by atoms with Gasteiger partial charge >= 0.3 is 0 Å². The van der Waals surface area contributed by atoms with Crippen LogP contribution in [0.3, 0.4) is 0 Å². The van der Waals surface area contributed by atoms with Crippen molar-refractivity contribution in [1.82, 2.24) is 4.98 Å². The Kier molecular flexibility index (Phi) is 3.59. The number of hydrogen-bond acceptors (Lipinski definition) is 3. The number of anilines is 1. The zero-order chi connectivity index (χ0) is 10.6. The minimum atomic E-state index is -0.430. The predicted octanol–water partition coefficient (Wildman–Crippen LogP) is 0.782. The molecule has 0 radical (unpaired) electrons. The smallest absolute Gasteiger partial charge is 0.243 e. The van der Waals surface area contributed by atoms with Gasteiger partial charge in [-0.1, -0.05) is 6.92 Å². The van der Waals surface area contributed by atoms with Gasteiger partial charge in [-0.3, -0.25) is 9.78 Å². The predicted molar refractivity (Wildman–Crippen MR) is 55.9 cm³/mol. The molecule has 0 aliphatic rings. The SMILES string of the molecule is CC[C@H](N)C(=O)N(C)c1cccnc1. The van der Waals surface area contributed by atoms with Crippen LogP contribution in [-0.2, 0) is 4.79 Å². The van der Waals surface area contributed by atoms with E-state index in [0.717, 1.165) is 5.69 Å². The van der Waals surface area contributed by atoms with E-state index >= 15 is 0 Å². The molecule has 0 unspecified atom stereocenters. The van der Waals surface area contributed by atoms with E-state index in [1.54, 1.807) is 25.5 Å². The maximum Gasteiger partial charge on any atom is 0.243 e. The molecular weight excluding hydrogens is 178 g/mol. The summed E-state index contributed by atoms with van der Waals surface area (Å²) in [4.78, 5) is 17.1. The Bertz CT molecular complexity index is 299. The lowest BCUT2D eigenvalue weighted by molar-refractivity contribution is -0.119. The van der Waals surface area contributed by atoms with Crippen LogP contribution in [0, 0.1) is 0 Å². The lowest BCUT2D eigenvalue weighted by Crippen LogP contribution is -2.41. The summed E-state index contributed by atoms with van der Waals surface area (Å²) in [6, 6.07) is 3.18. The molecule has 0 fully saturated rings. The first-order valence-electron chi connectivity index (χ1n) is 4.60. The highest BCUT2D eigenvalue weighted by molar-refractivity contribution is 5.96. The fourth-order valence-corrected chi connectivity index (χ4v) is 1.10. The van der Waals surface area contributed by atoms with E-state index in [-0.39, 0.29) is 5.91 Å². The van der Waals surface area contributed by atoms with Gasteiger partial charge < -0.3 is 10.6 Å². The second kappa shape index (κ2) is 4.72. The highest BCUT2D eigenvalue weighted by atomic mass is 16.2. The van der Waals surface area contributed by atoms with Crippen LogP contribution in [0.15, 0.2) is 24.5 Å². The molecule has 1 atom stereocenters. The quantitative estimate of drug-likeness (QED) is 0.771. The topological polar surface area (TPSA) is 59.2 Å². The molecule has 14 heavy (non-hydrogen) atoms. The monoisotopic (exact) mass is 193 g/mol. The second-order valence-corrected chi connectivity index (χ2v) is 3.12. The molecule has 0 bridgehead atoms. The molecule has 0 aliphatic carbocycles. The number of nitrogens with zero attached hydrogens (tertiary/aromatic N) is 2. The number of amides is 1. The van der Waals surface area contributed by atoms with Gasteiger partial charge in [-0.15, -0.1) is 0 Å². The molecule has 0 aromatic carbocycles. The number of carbonyl (C=O) groups is 1. The molecule has 1 aromatic heterocycles. The molecular formula is C10H15N3O. The summed E-state index contributed by atoms with van der Waals surface area (Å²) >= 11 is 0. The van der Waals surface area contributed by atoms with Crippen molar-refractivity contribution in [2.24, 2.45) is 5.73 Å². The molecule has 2 N–H and O–H groups in total. The Labute approximate surface area is 83.7 Å². The third-order valence-electron chi connectivity index (χ3n) is 2.12. The molecule has 0 aliphatic heterocycles. The van der Waals surface area contributed by atoms with Crippen LogP contribution in [-0.4, -0.2) is 24.0 Å². The Balaban J connectivity index is 2.76. The number of carbonyl (C=O) groups excluding carboxylic acids is 1. The van der Waals surface area contributed by atoms with Gasteiger partial charge in [0.15, 0.2) is 0 Å². The third-order valence-corrected chi connectivity index (χ3v) is 2.12. The molecule has 1 aromatic rings. The Hall–Kier alpha value is -1.42. The van der Waals surface area contributed by atoms with Crippen molar-refractivity contribution in [2.75, 3.05) is 11.9 Å². The number of hydrogen-bond donors (Lipinski definition) is 1. The minimum Gasteiger partial charge on any atom is -0.320 e. The van der Waals surface area contributed by atoms with E-state index in [9.17, 15) is 4.79 Å². The van der Waals surface area contributed by atoms with Crippen LogP contribution in [0.2, 0.25) is 0 Å². The number of nitrogens with two attached hydrogens (primary N) is 1. The van der Waals surface area contributed by atoms with E-state index in [1.807, 2.05) is 13.0 Å². The number of rotatable bonds is 3. The lowest BCUT2D eigenvalue weighted by atomic mass is 10.2. The summed E-state index contributed by atoms with van der Waals surface area (Å²) in [5.41, 5.74) is 6.41. The molecule has 4 heteroatoms. The number of pyridine rings is 1. The second-order valence-electron chi connectivity index (χ2n) is 3.12. The van der Waals surface area contributed by atoms with Crippen LogP contribution in [0.5, 0.6) is 0 Å². The van der Waals surface area contributed by atoms with Gasteiger partial charge in [0.05, 0.1) is 17.9 Å². The van der Waals surface area contributed by atoms with Gasteiger partial charge in [-0.25, -0.2) is 0 Å². The highest BCUT2D eigenvalue weighted by Gasteiger charge is 2.16. The van der Waals surface area contributed by atoms with Crippen molar-refractivity contribution in [2.45, 2.75) is 19.4 Å². The van der Waals surface area contributed by atoms with Crippen molar-refractivity contribution in [1.29, 1.82) is 0 Å². The van der Waals surface area contributed by atoms with Crippen LogP contribution in [0.4, 0.5) is 5.69 Å². The maximum absolute atomic E-state index is 11.6. The highest BCUT2D eigenvalue weighted by Crippen LogP contribution is 2.10. The maximum atomic E-state index is 11.6. The molecule has 0 spiro atoms. The molecule has 4 nitrogen and oxygen atoms in total. The molecule has 1 heterocycles. The van der Waals surface area contributed by atoms with Gasteiger partial charge in [0.2, 0.25) is 5.91 Å². The molecule has 1 amide bonds. The van der Waals surface area contributed by atoms with E-state index in [2.05, 4.69) is 4.98 Å². The third kappa shape index (κ3) is 2.29. The first-order chi connectivity index (χ1) is 6.66. The number of aromatic nitrogens is 1. The summed E-state index contributed by atoms with van der Waals surface area (Å²) < 4.78 is 0. The van der Waals surface area contributed by atoms with Crippen molar-refractivity contribution in [3.63, 3.8) is 0 Å². The van der Waals surface area contributed by atoms with Gasteiger partial charge in [-0.2, -0.15) is 0 Å².